The van der Waals surface area contributed by atoms with Gasteiger partial charge in [0.05, 0.1) is 34.1 Å². The van der Waals surface area contributed by atoms with Gasteiger partial charge >= 0.3 is 0 Å². The van der Waals surface area contributed by atoms with Gasteiger partial charge in [0.25, 0.3) is 17.5 Å². The summed E-state index contributed by atoms with van der Waals surface area (Å²) in [6, 6.07) is 8.32. The van der Waals surface area contributed by atoms with Gasteiger partial charge in [0.2, 0.25) is 5.56 Å². The predicted molar refractivity (Wildman–Crippen MR) is 159 cm³/mol. The molecule has 12 nitrogen and oxygen atoms in total. The first kappa shape index (κ1) is 29.2. The minimum absolute atomic E-state index is 0.0690. The van der Waals surface area contributed by atoms with E-state index in [4.69, 9.17) is 4.74 Å². The fourth-order valence-corrected chi connectivity index (χ4v) is 6.17. The van der Waals surface area contributed by atoms with Crippen LogP contribution in [0.4, 0.5) is 11.4 Å². The van der Waals surface area contributed by atoms with Crippen molar-refractivity contribution in [3.63, 3.8) is 0 Å². The van der Waals surface area contributed by atoms with Crippen molar-refractivity contribution in [1.82, 2.24) is 15.2 Å². The molecule has 2 atom stereocenters. The lowest BCUT2D eigenvalue weighted by molar-refractivity contribution is -0.384. The van der Waals surface area contributed by atoms with Crippen LogP contribution in [0, 0.1) is 10.1 Å². The van der Waals surface area contributed by atoms with E-state index >= 15 is 0 Å². The van der Waals surface area contributed by atoms with E-state index in [-0.39, 0.29) is 54.2 Å². The number of methoxy groups -OCH3 is 1. The lowest BCUT2D eigenvalue weighted by Gasteiger charge is -2.34. The molecule has 0 bridgehead atoms. The van der Waals surface area contributed by atoms with Gasteiger partial charge < -0.3 is 25.3 Å². The van der Waals surface area contributed by atoms with E-state index in [1.807, 2.05) is 0 Å². The number of likely N-dealkylation sites (tertiary alicyclic amines) is 1. The molecule has 2 aliphatic rings. The van der Waals surface area contributed by atoms with Crippen molar-refractivity contribution in [2.75, 3.05) is 25.5 Å². The van der Waals surface area contributed by atoms with Gasteiger partial charge in [0.15, 0.2) is 0 Å². The number of fused-ring (bicyclic) bond motifs is 1. The molecule has 2 amide bonds. The minimum atomic E-state index is -0.547. The molecule has 13 heteroatoms. The number of rotatable bonds is 7. The molecule has 1 aromatic heterocycles. The van der Waals surface area contributed by atoms with Gasteiger partial charge in [-0.3, -0.25) is 29.3 Å². The molecule has 0 unspecified atom stereocenters. The average molecular weight is 640 g/mol. The van der Waals surface area contributed by atoms with Gasteiger partial charge in [-0.1, -0.05) is 34.8 Å². The number of nitro benzene ring substituents is 1. The zero-order chi connectivity index (χ0) is 30.0. The number of piperidine rings is 1. The summed E-state index contributed by atoms with van der Waals surface area (Å²) in [6.45, 7) is 0.486. The Bertz CT molecular complexity index is 1630. The maximum atomic E-state index is 13.6. The molecular formula is C29H30BrN5O7. The van der Waals surface area contributed by atoms with Crippen LogP contribution >= 0.6 is 15.9 Å². The molecule has 2 fully saturated rings. The van der Waals surface area contributed by atoms with Crippen molar-refractivity contribution in [2.24, 2.45) is 0 Å². The molecule has 3 aromatic rings. The van der Waals surface area contributed by atoms with Crippen LogP contribution in [0.5, 0.6) is 5.75 Å². The molecule has 2 aromatic carbocycles. The molecule has 1 aliphatic carbocycles. The molecule has 2 heterocycles. The highest BCUT2D eigenvalue weighted by atomic mass is 79.9. The second-order valence-corrected chi connectivity index (χ2v) is 11.4. The Balaban J connectivity index is 1.47. The topological polar surface area (TPSA) is 164 Å². The first-order valence-electron chi connectivity index (χ1n) is 13.7. The van der Waals surface area contributed by atoms with Crippen molar-refractivity contribution < 1.29 is 24.0 Å². The minimum Gasteiger partial charge on any atom is -0.496 e. The van der Waals surface area contributed by atoms with Gasteiger partial charge in [-0.2, -0.15) is 0 Å². The highest BCUT2D eigenvalue weighted by Gasteiger charge is 2.33. The third-order valence-electron chi connectivity index (χ3n) is 7.82. The molecule has 42 heavy (non-hydrogen) atoms. The van der Waals surface area contributed by atoms with Gasteiger partial charge in [-0.05, 0) is 31.0 Å². The fourth-order valence-electron chi connectivity index (χ4n) is 5.73. The molecule has 1 saturated carbocycles. The van der Waals surface area contributed by atoms with Crippen LogP contribution in [-0.2, 0) is 4.79 Å². The standard InChI is InChI=1S/C29H30BrN5O7/c1-42-24-8-4-7-22-26(24)18(15-25(37)31-22)28(38)33-21-6-3-2-5-20(21)32-27-19(13-16(30)14-23(27)35(40)41)29(39)34-11-9-17(36)10-12-34/h4,7-8,13-15,20-21,32H,2-3,5-6,9-12H2,1H3,(H,31,37)(H,33,38)/t20-,21+/m1/s1. The van der Waals surface area contributed by atoms with E-state index in [0.717, 1.165) is 12.8 Å². The van der Waals surface area contributed by atoms with Gasteiger partial charge in [-0.25, -0.2) is 0 Å². The van der Waals surface area contributed by atoms with Crippen LogP contribution in [0.3, 0.4) is 0 Å². The number of H-pyrrole nitrogens is 1. The number of aromatic nitrogens is 1. The van der Waals surface area contributed by atoms with Crippen LogP contribution in [0.2, 0.25) is 0 Å². The van der Waals surface area contributed by atoms with Gasteiger partial charge in [0.1, 0.15) is 17.2 Å². The Labute approximate surface area is 249 Å². The van der Waals surface area contributed by atoms with Crippen molar-refractivity contribution in [3.05, 3.63) is 72.5 Å². The number of halogens is 1. The van der Waals surface area contributed by atoms with Crippen LogP contribution in [0.15, 0.2) is 45.7 Å². The number of nitrogens with one attached hydrogen (secondary N) is 3. The number of pyridine rings is 1. The lowest BCUT2D eigenvalue weighted by Crippen LogP contribution is -2.49. The number of carbonyl (C=O) groups excluding carboxylic acids is 3. The van der Waals surface area contributed by atoms with E-state index < -0.39 is 34.4 Å². The quantitative estimate of drug-likeness (QED) is 0.256. The number of carbonyl (C=O) groups is 3. The average Bonchev–Trinajstić information content (AvgIpc) is 2.97. The van der Waals surface area contributed by atoms with Crippen molar-refractivity contribution >= 4 is 55.8 Å². The molecule has 0 radical (unpaired) electrons. The Morgan fingerprint density at radius 3 is 2.48 bits per heavy atom. The van der Waals surface area contributed by atoms with Gasteiger partial charge in [-0.15, -0.1) is 0 Å². The van der Waals surface area contributed by atoms with Gasteiger partial charge in [0, 0.05) is 54.6 Å². The van der Waals surface area contributed by atoms with Crippen LogP contribution in [0.25, 0.3) is 10.9 Å². The van der Waals surface area contributed by atoms with Crippen molar-refractivity contribution in [1.29, 1.82) is 0 Å². The molecule has 3 N–H and O–H groups in total. The summed E-state index contributed by atoms with van der Waals surface area (Å²) in [4.78, 5) is 67.2. The number of nitro groups is 1. The molecule has 1 aliphatic heterocycles. The number of benzene rings is 2. The van der Waals surface area contributed by atoms with E-state index in [2.05, 4.69) is 31.5 Å². The van der Waals surface area contributed by atoms with E-state index in [1.165, 1.54) is 24.1 Å². The third kappa shape index (κ3) is 6.01. The SMILES string of the molecule is COc1cccc2[nH]c(=O)cc(C(=O)N[C@H]3CCCC[C@H]3Nc3c(C(=O)N4CCC(=O)CC4)cc(Br)cc3[N+](=O)[O-])c12. The smallest absolute Gasteiger partial charge is 0.294 e. The van der Waals surface area contributed by atoms with Crippen LogP contribution in [0.1, 0.15) is 59.2 Å². The van der Waals surface area contributed by atoms with E-state index in [1.54, 1.807) is 24.3 Å². The number of hydrogen-bond donors (Lipinski definition) is 3. The summed E-state index contributed by atoms with van der Waals surface area (Å²) in [5.41, 5.74) is 0.0824. The Morgan fingerprint density at radius 2 is 1.79 bits per heavy atom. The van der Waals surface area contributed by atoms with E-state index in [9.17, 15) is 29.3 Å². The summed E-state index contributed by atoms with van der Waals surface area (Å²) in [7, 11) is 1.48. The van der Waals surface area contributed by atoms with Crippen LogP contribution in [-0.4, -0.2) is 64.7 Å². The summed E-state index contributed by atoms with van der Waals surface area (Å²) in [5.74, 6) is -0.383. The highest BCUT2D eigenvalue weighted by molar-refractivity contribution is 9.10. The van der Waals surface area contributed by atoms with E-state index in [0.29, 0.717) is 34.0 Å². The highest BCUT2D eigenvalue weighted by Crippen LogP contribution is 2.36. The molecule has 220 valence electrons. The number of aromatic amines is 1. The monoisotopic (exact) mass is 639 g/mol. The number of ether oxygens (including phenoxy) is 1. The maximum Gasteiger partial charge on any atom is 0.294 e. The number of hydrogen-bond acceptors (Lipinski definition) is 8. The lowest BCUT2D eigenvalue weighted by atomic mass is 9.89. The Morgan fingerprint density at radius 1 is 1.07 bits per heavy atom. The Kier molecular flexibility index (Phi) is 8.57. The molecule has 0 spiro atoms. The largest absolute Gasteiger partial charge is 0.496 e. The number of ketones is 1. The summed E-state index contributed by atoms with van der Waals surface area (Å²) in [5, 5.41) is 18.9. The first-order chi connectivity index (χ1) is 20.2. The zero-order valence-electron chi connectivity index (χ0n) is 22.9. The molecular weight excluding hydrogens is 610 g/mol. The second-order valence-electron chi connectivity index (χ2n) is 10.5. The first-order valence-corrected chi connectivity index (χ1v) is 14.5. The van der Waals surface area contributed by atoms with Crippen molar-refractivity contribution in [3.8, 4) is 5.75 Å². The summed E-state index contributed by atoms with van der Waals surface area (Å²) < 4.78 is 5.82. The van der Waals surface area contributed by atoms with Crippen LogP contribution < -0.4 is 20.9 Å². The number of amides is 2. The van der Waals surface area contributed by atoms with Crippen molar-refractivity contribution in [2.45, 2.75) is 50.6 Å². The summed E-state index contributed by atoms with van der Waals surface area (Å²) >= 11 is 3.30. The predicted octanol–water partition coefficient (Wildman–Crippen LogP) is 4.17. The number of Topliss-reactive ketones (excluding diaryl/α,β-unsaturated/α-hetero) is 1. The number of nitrogens with zero attached hydrogens (tertiary/aromatic N) is 2. The fraction of sp³-hybridized carbons (Fsp3) is 0.379. The Hall–Kier alpha value is -4.26. The summed E-state index contributed by atoms with van der Waals surface area (Å²) in [6.07, 6.45) is 3.28. The molecule has 1 saturated heterocycles. The zero-order valence-corrected chi connectivity index (χ0v) is 24.5. The maximum absolute atomic E-state index is 13.6. The molecule has 5 rings (SSSR count). The number of anilines is 1. The second kappa shape index (κ2) is 12.3. The third-order valence-corrected chi connectivity index (χ3v) is 8.28. The normalized spacial score (nSPS) is 18.9.